The van der Waals surface area contributed by atoms with Crippen molar-refractivity contribution in [2.45, 2.75) is 6.92 Å². The number of carbonyl (C=O) groups excluding carboxylic acids is 1. The van der Waals surface area contributed by atoms with E-state index >= 15 is 0 Å². The summed E-state index contributed by atoms with van der Waals surface area (Å²) in [4.78, 5) is 11.8. The lowest BCUT2D eigenvalue weighted by molar-refractivity contribution is 0.0500. The van der Waals surface area contributed by atoms with E-state index in [2.05, 4.69) is 31.9 Å². The number of ether oxygens (including phenoxy) is 3. The van der Waals surface area contributed by atoms with E-state index < -0.39 is 0 Å². The van der Waals surface area contributed by atoms with Gasteiger partial charge in [-0.3, -0.25) is 0 Å². The molecule has 0 fully saturated rings. The first-order valence-corrected chi connectivity index (χ1v) is 10.4. The lowest BCUT2D eigenvalue weighted by Crippen LogP contribution is -2.04. The predicted octanol–water partition coefficient (Wildman–Crippen LogP) is 5.41. The molecule has 1 aromatic heterocycles. The highest BCUT2D eigenvalue weighted by atomic mass is 79.9. The van der Waals surface area contributed by atoms with Crippen molar-refractivity contribution in [2.24, 2.45) is 0 Å². The number of hydrogen-bond donors (Lipinski definition) is 1. The fourth-order valence-corrected chi connectivity index (χ4v) is 4.23. The summed E-state index contributed by atoms with van der Waals surface area (Å²) < 4.78 is 19.0. The van der Waals surface area contributed by atoms with Crippen molar-refractivity contribution in [3.63, 3.8) is 0 Å². The quantitative estimate of drug-likeness (QED) is 0.331. The van der Waals surface area contributed by atoms with Crippen LogP contribution in [-0.4, -0.2) is 31.0 Å². The average molecular weight is 524 g/mol. The predicted molar refractivity (Wildman–Crippen MR) is 119 cm³/mol. The Morgan fingerprint density at radius 2 is 1.76 bits per heavy atom. The van der Waals surface area contributed by atoms with Crippen molar-refractivity contribution in [1.82, 2.24) is 4.57 Å². The average Bonchev–Trinajstić information content (AvgIpc) is 3.09. The van der Waals surface area contributed by atoms with Gasteiger partial charge in [-0.25, -0.2) is 4.79 Å². The van der Waals surface area contributed by atoms with E-state index in [-0.39, 0.29) is 12.8 Å². The Hall–Kier alpha value is -2.29. The van der Waals surface area contributed by atoms with Crippen LogP contribution in [0, 0.1) is 0 Å². The van der Waals surface area contributed by atoms with Gasteiger partial charge in [-0.15, -0.1) is 0 Å². The number of rotatable bonds is 7. The third-order valence-corrected chi connectivity index (χ3v) is 5.34. The molecule has 152 valence electrons. The fraction of sp³-hybridized carbons (Fsp3) is 0.190. The van der Waals surface area contributed by atoms with Crippen LogP contribution in [0.2, 0.25) is 0 Å². The van der Waals surface area contributed by atoms with Crippen molar-refractivity contribution in [3.05, 3.63) is 63.3 Å². The van der Waals surface area contributed by atoms with Crippen molar-refractivity contribution in [1.29, 1.82) is 0 Å². The summed E-state index contributed by atoms with van der Waals surface area (Å²) in [5.41, 5.74) is 10.1. The van der Waals surface area contributed by atoms with E-state index in [4.69, 9.17) is 19.9 Å². The van der Waals surface area contributed by atoms with Crippen LogP contribution in [0.3, 0.4) is 0 Å². The Morgan fingerprint density at radius 3 is 2.34 bits per heavy atom. The van der Waals surface area contributed by atoms with Crippen LogP contribution < -0.4 is 10.5 Å². The summed E-state index contributed by atoms with van der Waals surface area (Å²) in [7, 11) is 1.57. The van der Waals surface area contributed by atoms with Crippen LogP contribution in [0.15, 0.2) is 57.7 Å². The Bertz CT molecular complexity index is 993. The highest BCUT2D eigenvalue weighted by Crippen LogP contribution is 2.39. The molecule has 0 atom stereocenters. The number of aromatic nitrogens is 1. The molecule has 2 aromatic carbocycles. The third kappa shape index (κ3) is 4.83. The number of esters is 1. The van der Waals surface area contributed by atoms with Gasteiger partial charge in [-0.1, -0.05) is 0 Å². The first-order chi connectivity index (χ1) is 13.9. The minimum atomic E-state index is -0.336. The second-order valence-electron chi connectivity index (χ2n) is 6.12. The lowest BCUT2D eigenvalue weighted by Gasteiger charge is -2.11. The molecule has 29 heavy (non-hydrogen) atoms. The minimum absolute atomic E-state index is 0.150. The third-order valence-electron chi connectivity index (χ3n) is 4.16. The van der Waals surface area contributed by atoms with Crippen molar-refractivity contribution >= 4 is 43.5 Å². The Morgan fingerprint density at radius 1 is 1.10 bits per heavy atom. The number of anilines is 1. The van der Waals surface area contributed by atoms with E-state index in [0.29, 0.717) is 23.6 Å². The molecule has 0 radical (unpaired) electrons. The maximum Gasteiger partial charge on any atom is 0.338 e. The summed E-state index contributed by atoms with van der Waals surface area (Å²) in [5, 5.41) is 0. The lowest BCUT2D eigenvalue weighted by atomic mass is 10.1. The number of carbonyl (C=O) groups is 1. The molecule has 0 saturated carbocycles. The van der Waals surface area contributed by atoms with Gasteiger partial charge in [0.1, 0.15) is 0 Å². The van der Waals surface area contributed by atoms with Crippen molar-refractivity contribution in [3.8, 4) is 22.6 Å². The number of methoxy groups -OCH3 is 1. The second-order valence-corrected chi connectivity index (χ2v) is 7.83. The van der Waals surface area contributed by atoms with Gasteiger partial charge in [0.05, 0.1) is 26.8 Å². The molecule has 0 aliphatic carbocycles. The van der Waals surface area contributed by atoms with Crippen LogP contribution in [0.4, 0.5) is 5.69 Å². The molecule has 0 amide bonds. The van der Waals surface area contributed by atoms with Gasteiger partial charge in [0.2, 0.25) is 0 Å². The number of nitrogens with zero attached hydrogens (tertiary/aromatic N) is 1. The van der Waals surface area contributed by atoms with Crippen LogP contribution in [-0.2, 0) is 9.47 Å². The molecule has 0 aliphatic heterocycles. The van der Waals surface area contributed by atoms with Gasteiger partial charge < -0.3 is 24.5 Å². The van der Waals surface area contributed by atoms with Gasteiger partial charge >= 0.3 is 5.97 Å². The zero-order valence-corrected chi connectivity index (χ0v) is 19.1. The monoisotopic (exact) mass is 522 g/mol. The van der Waals surface area contributed by atoms with Crippen LogP contribution in [0.1, 0.15) is 17.3 Å². The topological polar surface area (TPSA) is 75.7 Å². The molecule has 8 heteroatoms. The smallest absolute Gasteiger partial charge is 0.338 e. The van der Waals surface area contributed by atoms with E-state index in [9.17, 15) is 4.79 Å². The molecular weight excluding hydrogens is 504 g/mol. The van der Waals surface area contributed by atoms with Gasteiger partial charge in [-0.2, -0.15) is 0 Å². The van der Waals surface area contributed by atoms with Gasteiger partial charge in [0, 0.05) is 30.8 Å². The van der Waals surface area contributed by atoms with Crippen molar-refractivity contribution < 1.29 is 19.0 Å². The summed E-state index contributed by atoms with van der Waals surface area (Å²) in [6.07, 6.45) is 3.78. The van der Waals surface area contributed by atoms with Gasteiger partial charge in [0.15, 0.2) is 12.5 Å². The van der Waals surface area contributed by atoms with Gasteiger partial charge in [-0.05, 0) is 80.7 Å². The van der Waals surface area contributed by atoms with E-state index in [1.54, 1.807) is 26.2 Å². The number of halogens is 2. The normalized spacial score (nSPS) is 10.8. The van der Waals surface area contributed by atoms with Gasteiger partial charge in [0.25, 0.3) is 0 Å². The molecule has 0 bridgehead atoms. The SMILES string of the molecule is CCOC(=O)c1ccc(-n2cc(N)c(-c3cc(Br)c(OCOC)c(Br)c3)c2)cc1. The minimum Gasteiger partial charge on any atom is -0.465 e. The summed E-state index contributed by atoms with van der Waals surface area (Å²) in [6, 6.07) is 11.0. The fourth-order valence-electron chi connectivity index (χ4n) is 2.82. The molecule has 0 aliphatic rings. The summed E-state index contributed by atoms with van der Waals surface area (Å²) in [5.74, 6) is 0.320. The molecule has 6 nitrogen and oxygen atoms in total. The molecular formula is C21H20Br2N2O4. The first-order valence-electron chi connectivity index (χ1n) is 8.80. The molecule has 2 N–H and O–H groups in total. The van der Waals surface area contributed by atoms with Crippen LogP contribution >= 0.6 is 31.9 Å². The maximum absolute atomic E-state index is 11.8. The van der Waals surface area contributed by atoms with E-state index in [0.717, 1.165) is 25.8 Å². The van der Waals surface area contributed by atoms with Crippen molar-refractivity contribution in [2.75, 3.05) is 26.2 Å². The highest BCUT2D eigenvalue weighted by molar-refractivity contribution is 9.11. The number of benzene rings is 2. The molecule has 0 saturated heterocycles. The summed E-state index contributed by atoms with van der Waals surface area (Å²) >= 11 is 7.07. The molecule has 0 unspecified atom stereocenters. The summed E-state index contributed by atoms with van der Waals surface area (Å²) in [6.45, 7) is 2.28. The van der Waals surface area contributed by atoms with Crippen LogP contribution in [0.5, 0.6) is 5.75 Å². The molecule has 1 heterocycles. The Labute approximate surface area is 185 Å². The Balaban J connectivity index is 1.90. The first kappa shape index (κ1) is 21.4. The Kier molecular flexibility index (Phi) is 7.00. The standard InChI is InChI=1S/C21H20Br2N2O4/c1-3-28-21(26)13-4-6-15(7-5-13)25-10-16(19(24)11-25)14-8-17(22)20(18(23)9-14)29-12-27-2/h4-11H,3,12,24H2,1-2H3. The molecule has 3 aromatic rings. The number of hydrogen-bond acceptors (Lipinski definition) is 5. The number of nitrogen functional groups attached to an aromatic ring is 1. The van der Waals surface area contributed by atoms with Crippen LogP contribution in [0.25, 0.3) is 16.8 Å². The zero-order valence-electron chi connectivity index (χ0n) is 15.9. The maximum atomic E-state index is 11.8. The van der Waals surface area contributed by atoms with E-state index in [1.807, 2.05) is 41.2 Å². The molecule has 3 rings (SSSR count). The van der Waals surface area contributed by atoms with E-state index in [1.165, 1.54) is 0 Å². The molecule has 0 spiro atoms. The second kappa shape index (κ2) is 9.47. The largest absolute Gasteiger partial charge is 0.465 e. The highest BCUT2D eigenvalue weighted by Gasteiger charge is 2.14. The number of nitrogens with two attached hydrogens (primary N) is 1. The zero-order chi connectivity index (χ0) is 21.0.